The first-order chi connectivity index (χ1) is 11.1. The highest BCUT2D eigenvalue weighted by Gasteiger charge is 2.29. The maximum absolute atomic E-state index is 13.5. The van der Waals surface area contributed by atoms with Crippen molar-refractivity contribution in [3.63, 3.8) is 0 Å². The zero-order chi connectivity index (χ0) is 16.4. The second-order valence-corrected chi connectivity index (χ2v) is 5.37. The minimum absolute atomic E-state index is 0. The molecule has 0 saturated carbocycles. The summed E-state index contributed by atoms with van der Waals surface area (Å²) in [6.07, 6.45) is 0.629. The van der Waals surface area contributed by atoms with E-state index in [1.165, 1.54) is 18.2 Å². The van der Waals surface area contributed by atoms with Crippen molar-refractivity contribution in [2.24, 2.45) is 5.73 Å². The lowest BCUT2D eigenvalue weighted by Gasteiger charge is -2.16. The van der Waals surface area contributed by atoms with E-state index in [9.17, 15) is 13.6 Å². The van der Waals surface area contributed by atoms with Gasteiger partial charge in [0.25, 0.3) is 0 Å². The quantitative estimate of drug-likeness (QED) is 0.918. The highest BCUT2D eigenvalue weighted by Crippen LogP contribution is 2.24. The number of amides is 1. The minimum Gasteiger partial charge on any atom is -0.489 e. The fourth-order valence-corrected chi connectivity index (χ4v) is 2.51. The van der Waals surface area contributed by atoms with Crippen LogP contribution in [0, 0.1) is 11.6 Å². The molecule has 0 unspecified atom stereocenters. The smallest absolute Gasteiger partial charge is 0.243 e. The van der Waals surface area contributed by atoms with Crippen LogP contribution in [0.25, 0.3) is 0 Å². The van der Waals surface area contributed by atoms with E-state index in [0.29, 0.717) is 18.7 Å². The van der Waals surface area contributed by atoms with Gasteiger partial charge in [-0.3, -0.25) is 4.79 Å². The summed E-state index contributed by atoms with van der Waals surface area (Å²) >= 11 is 0. The Morgan fingerprint density at radius 2 is 1.75 bits per heavy atom. The van der Waals surface area contributed by atoms with E-state index in [1.54, 1.807) is 29.2 Å². The Morgan fingerprint density at radius 3 is 2.29 bits per heavy atom. The van der Waals surface area contributed by atoms with Gasteiger partial charge in [-0.25, -0.2) is 8.78 Å². The molecule has 2 aromatic carbocycles. The fourth-order valence-electron chi connectivity index (χ4n) is 2.51. The van der Waals surface area contributed by atoms with Crippen molar-refractivity contribution in [3.8, 4) is 5.75 Å². The van der Waals surface area contributed by atoms with Gasteiger partial charge < -0.3 is 15.4 Å². The second kappa shape index (κ2) is 7.59. The van der Waals surface area contributed by atoms with Gasteiger partial charge in [0.15, 0.2) is 0 Å². The highest BCUT2D eigenvalue weighted by molar-refractivity contribution is 5.99. The maximum Gasteiger partial charge on any atom is 0.243 e. The third kappa shape index (κ3) is 3.66. The molecule has 0 aliphatic carbocycles. The van der Waals surface area contributed by atoms with E-state index in [-0.39, 0.29) is 30.5 Å². The number of carbonyl (C=O) groups is 1. The summed E-state index contributed by atoms with van der Waals surface area (Å²) in [5, 5.41) is 0. The van der Waals surface area contributed by atoms with Crippen LogP contribution in [0.2, 0.25) is 0 Å². The zero-order valence-corrected chi connectivity index (χ0v) is 13.6. The standard InChI is InChI=1S/C17H16F2N2O2.ClH/c18-14-2-1-3-15(19)13(14)10-23-12-6-4-11(5-7-12)21-9-8-16(20)17(21)22;/h1-7,16H,8-10,20H2;1H/t16-;/m0./s1. The van der Waals surface area contributed by atoms with Crippen molar-refractivity contribution < 1.29 is 18.3 Å². The molecule has 24 heavy (non-hydrogen) atoms. The van der Waals surface area contributed by atoms with Gasteiger partial charge in [-0.2, -0.15) is 0 Å². The van der Waals surface area contributed by atoms with Gasteiger partial charge in [0.05, 0.1) is 11.6 Å². The van der Waals surface area contributed by atoms with Crippen LogP contribution in [0.15, 0.2) is 42.5 Å². The summed E-state index contributed by atoms with van der Waals surface area (Å²) < 4.78 is 32.5. The number of halogens is 3. The lowest BCUT2D eigenvalue weighted by atomic mass is 10.2. The molecule has 1 aliphatic rings. The molecule has 3 rings (SSSR count). The number of anilines is 1. The molecule has 0 bridgehead atoms. The monoisotopic (exact) mass is 354 g/mol. The van der Waals surface area contributed by atoms with E-state index < -0.39 is 17.7 Å². The molecule has 1 atom stereocenters. The van der Waals surface area contributed by atoms with Gasteiger partial charge in [0.2, 0.25) is 5.91 Å². The lowest BCUT2D eigenvalue weighted by molar-refractivity contribution is -0.118. The molecule has 1 fully saturated rings. The molecule has 0 spiro atoms. The van der Waals surface area contributed by atoms with Crippen molar-refractivity contribution >= 4 is 24.0 Å². The van der Waals surface area contributed by atoms with Crippen LogP contribution in [0.5, 0.6) is 5.75 Å². The Morgan fingerprint density at radius 1 is 1.12 bits per heavy atom. The van der Waals surface area contributed by atoms with Crippen molar-refractivity contribution in [2.45, 2.75) is 19.1 Å². The third-order valence-electron chi connectivity index (χ3n) is 3.84. The minimum atomic E-state index is -0.640. The first kappa shape index (κ1) is 18.2. The SMILES string of the molecule is Cl.N[C@H]1CCN(c2ccc(OCc3c(F)cccc3F)cc2)C1=O. The van der Waals surface area contributed by atoms with Crippen LogP contribution in [-0.2, 0) is 11.4 Å². The number of nitrogens with two attached hydrogens (primary N) is 1. The summed E-state index contributed by atoms with van der Waals surface area (Å²) in [5.74, 6) is -0.920. The molecule has 0 aromatic heterocycles. The van der Waals surface area contributed by atoms with Crippen molar-refractivity contribution in [3.05, 3.63) is 59.7 Å². The number of nitrogens with zero attached hydrogens (tertiary/aromatic N) is 1. The van der Waals surface area contributed by atoms with Gasteiger partial charge in [-0.05, 0) is 42.8 Å². The number of hydrogen-bond acceptors (Lipinski definition) is 3. The Bertz CT molecular complexity index is 705. The molecular weight excluding hydrogens is 338 g/mol. The fraction of sp³-hybridized carbons (Fsp3) is 0.235. The van der Waals surface area contributed by atoms with Crippen molar-refractivity contribution in [1.82, 2.24) is 0 Å². The van der Waals surface area contributed by atoms with Crippen LogP contribution in [0.3, 0.4) is 0 Å². The van der Waals surface area contributed by atoms with Crippen LogP contribution in [-0.4, -0.2) is 18.5 Å². The Balaban J connectivity index is 0.00000208. The van der Waals surface area contributed by atoms with E-state index in [2.05, 4.69) is 0 Å². The van der Waals surface area contributed by atoms with Crippen LogP contribution in [0.4, 0.5) is 14.5 Å². The van der Waals surface area contributed by atoms with Gasteiger partial charge in [0.1, 0.15) is 24.0 Å². The van der Waals surface area contributed by atoms with Crippen LogP contribution < -0.4 is 15.4 Å². The number of carbonyl (C=O) groups excluding carboxylic acids is 1. The normalized spacial score (nSPS) is 16.9. The first-order valence-corrected chi connectivity index (χ1v) is 7.29. The van der Waals surface area contributed by atoms with E-state index in [0.717, 1.165) is 5.69 Å². The third-order valence-corrected chi connectivity index (χ3v) is 3.84. The molecule has 1 amide bonds. The molecule has 2 N–H and O–H groups in total. The number of ether oxygens (including phenoxy) is 1. The number of rotatable bonds is 4. The Kier molecular flexibility index (Phi) is 5.75. The molecule has 128 valence electrons. The lowest BCUT2D eigenvalue weighted by Crippen LogP contribution is -2.33. The molecule has 4 nitrogen and oxygen atoms in total. The molecule has 1 aliphatic heterocycles. The predicted octanol–water partition coefficient (Wildman–Crippen LogP) is 3.03. The zero-order valence-electron chi connectivity index (χ0n) is 12.7. The molecule has 2 aromatic rings. The van der Waals surface area contributed by atoms with E-state index in [1.807, 2.05) is 0 Å². The largest absolute Gasteiger partial charge is 0.489 e. The van der Waals surface area contributed by atoms with E-state index in [4.69, 9.17) is 10.5 Å². The molecule has 1 heterocycles. The Labute approximate surface area is 144 Å². The van der Waals surface area contributed by atoms with Crippen molar-refractivity contribution in [2.75, 3.05) is 11.4 Å². The predicted molar refractivity (Wildman–Crippen MR) is 89.3 cm³/mol. The summed E-state index contributed by atoms with van der Waals surface area (Å²) in [4.78, 5) is 13.5. The Hall–Kier alpha value is -2.18. The van der Waals surface area contributed by atoms with Crippen LogP contribution >= 0.6 is 12.4 Å². The first-order valence-electron chi connectivity index (χ1n) is 7.29. The molecule has 0 radical (unpaired) electrons. The van der Waals surface area contributed by atoms with Crippen LogP contribution in [0.1, 0.15) is 12.0 Å². The van der Waals surface area contributed by atoms with Crippen molar-refractivity contribution in [1.29, 1.82) is 0 Å². The average Bonchev–Trinajstić information content (AvgIpc) is 2.87. The van der Waals surface area contributed by atoms with Gasteiger partial charge >= 0.3 is 0 Å². The summed E-state index contributed by atoms with van der Waals surface area (Å²) in [5.41, 5.74) is 6.30. The number of hydrogen-bond donors (Lipinski definition) is 1. The topological polar surface area (TPSA) is 55.6 Å². The summed E-state index contributed by atoms with van der Waals surface area (Å²) in [6.45, 7) is 0.381. The molecule has 1 saturated heterocycles. The maximum atomic E-state index is 13.5. The van der Waals surface area contributed by atoms with E-state index >= 15 is 0 Å². The van der Waals surface area contributed by atoms with Gasteiger partial charge in [-0.15, -0.1) is 12.4 Å². The highest BCUT2D eigenvalue weighted by atomic mass is 35.5. The molecular formula is C17H17ClF2N2O2. The number of benzene rings is 2. The van der Waals surface area contributed by atoms with Gasteiger partial charge in [-0.1, -0.05) is 6.07 Å². The molecule has 7 heteroatoms. The summed E-state index contributed by atoms with van der Waals surface area (Å²) in [7, 11) is 0. The van der Waals surface area contributed by atoms with Gasteiger partial charge in [0, 0.05) is 12.2 Å². The summed E-state index contributed by atoms with van der Waals surface area (Å²) in [6, 6.07) is 10.00. The second-order valence-electron chi connectivity index (χ2n) is 5.37. The average molecular weight is 355 g/mol.